The van der Waals surface area contributed by atoms with Crippen molar-refractivity contribution in [2.24, 2.45) is 5.73 Å². The number of nitrogens with one attached hydrogen (secondary N) is 1. The molecule has 0 unspecified atom stereocenters. The third kappa shape index (κ3) is 3.53. The van der Waals surface area contributed by atoms with Gasteiger partial charge < -0.3 is 20.5 Å². The largest absolute Gasteiger partial charge is 0.355 e. The quantitative estimate of drug-likeness (QED) is 0.845. The lowest BCUT2D eigenvalue weighted by Gasteiger charge is -2.23. The number of hydrogen-bond acceptors (Lipinski definition) is 6. The zero-order valence-electron chi connectivity index (χ0n) is 14.2. The smallest absolute Gasteiger partial charge is 0.254 e. The van der Waals surface area contributed by atoms with E-state index in [1.165, 1.54) is 4.90 Å². The van der Waals surface area contributed by atoms with Crippen molar-refractivity contribution in [3.63, 3.8) is 0 Å². The van der Waals surface area contributed by atoms with Crippen molar-refractivity contribution in [3.05, 3.63) is 35.7 Å². The van der Waals surface area contributed by atoms with E-state index in [0.717, 1.165) is 0 Å². The molecule has 1 aromatic carbocycles. The van der Waals surface area contributed by atoms with Crippen LogP contribution < -0.4 is 11.1 Å². The van der Waals surface area contributed by atoms with Gasteiger partial charge in [-0.05, 0) is 25.5 Å². The molecule has 0 radical (unpaired) electrons. The molecule has 0 saturated carbocycles. The lowest BCUT2D eigenvalue weighted by molar-refractivity contribution is -0.124. The third-order valence-electron chi connectivity index (χ3n) is 4.14. The van der Waals surface area contributed by atoms with Crippen LogP contribution in [-0.2, 0) is 4.79 Å². The second-order valence-corrected chi connectivity index (χ2v) is 6.08. The molecule has 3 rings (SSSR count). The van der Waals surface area contributed by atoms with E-state index in [0.29, 0.717) is 42.4 Å². The Balaban J connectivity index is 1.85. The van der Waals surface area contributed by atoms with Crippen LogP contribution in [0.5, 0.6) is 0 Å². The second-order valence-electron chi connectivity index (χ2n) is 6.08. The first-order valence-corrected chi connectivity index (χ1v) is 8.24. The molecule has 2 heterocycles. The Kier molecular flexibility index (Phi) is 4.80. The van der Waals surface area contributed by atoms with E-state index in [1.54, 1.807) is 31.2 Å². The van der Waals surface area contributed by atoms with Crippen LogP contribution in [0.25, 0.3) is 11.4 Å². The highest BCUT2D eigenvalue weighted by Crippen LogP contribution is 2.23. The minimum atomic E-state index is -0.543. The van der Waals surface area contributed by atoms with Crippen molar-refractivity contribution in [3.8, 4) is 11.4 Å². The van der Waals surface area contributed by atoms with Crippen LogP contribution in [0.2, 0.25) is 0 Å². The predicted molar refractivity (Wildman–Crippen MR) is 90.6 cm³/mol. The van der Waals surface area contributed by atoms with E-state index in [9.17, 15) is 9.59 Å². The molecule has 1 aliphatic rings. The fourth-order valence-electron chi connectivity index (χ4n) is 3.01. The average Bonchev–Trinajstić information content (AvgIpc) is 3.20. The number of nitrogens with zero attached hydrogens (tertiary/aromatic N) is 3. The molecule has 132 valence electrons. The van der Waals surface area contributed by atoms with Gasteiger partial charge in [-0.2, -0.15) is 4.98 Å². The fourth-order valence-corrected chi connectivity index (χ4v) is 3.01. The summed E-state index contributed by atoms with van der Waals surface area (Å²) in [5, 5.41) is 6.63. The third-order valence-corrected chi connectivity index (χ3v) is 4.14. The molecule has 1 aromatic heterocycles. The first kappa shape index (κ1) is 17.1. The number of nitrogens with two attached hydrogens (primary N) is 1. The molecule has 1 aliphatic heterocycles. The van der Waals surface area contributed by atoms with Crippen LogP contribution in [-0.4, -0.2) is 52.0 Å². The van der Waals surface area contributed by atoms with Gasteiger partial charge in [0.15, 0.2) is 0 Å². The zero-order valence-corrected chi connectivity index (χ0v) is 14.2. The summed E-state index contributed by atoms with van der Waals surface area (Å²) in [6.07, 6.45) is 0.460. The lowest BCUT2D eigenvalue weighted by atomic mass is 10.1. The van der Waals surface area contributed by atoms with Gasteiger partial charge in [0, 0.05) is 37.2 Å². The maximum atomic E-state index is 12.9. The standard InChI is InChI=1S/C17H21N5O3/c1-3-19-16(23)14-8-13(18)9-22(14)17(24)12-6-4-5-11(7-12)15-20-10(2)25-21-15/h4-7,13-14H,3,8-9,18H2,1-2H3,(H,19,23)/t13-,14+/m1/s1. The van der Waals surface area contributed by atoms with Gasteiger partial charge in [-0.25, -0.2) is 0 Å². The number of carbonyl (C=O) groups excluding carboxylic acids is 2. The summed E-state index contributed by atoms with van der Waals surface area (Å²) in [6.45, 7) is 4.41. The predicted octanol–water partition coefficient (Wildman–Crippen LogP) is 0.723. The number of aromatic nitrogens is 2. The molecular formula is C17H21N5O3. The van der Waals surface area contributed by atoms with E-state index in [-0.39, 0.29) is 17.9 Å². The summed E-state index contributed by atoms with van der Waals surface area (Å²) in [7, 11) is 0. The molecule has 8 nitrogen and oxygen atoms in total. The Bertz CT molecular complexity index is 788. The molecule has 0 spiro atoms. The van der Waals surface area contributed by atoms with Gasteiger partial charge >= 0.3 is 0 Å². The zero-order chi connectivity index (χ0) is 18.0. The minimum absolute atomic E-state index is 0.172. The topological polar surface area (TPSA) is 114 Å². The minimum Gasteiger partial charge on any atom is -0.355 e. The molecule has 8 heteroatoms. The molecule has 1 fully saturated rings. The molecule has 25 heavy (non-hydrogen) atoms. The van der Waals surface area contributed by atoms with Crippen molar-refractivity contribution in [1.82, 2.24) is 20.4 Å². The molecule has 3 N–H and O–H groups in total. The molecule has 0 bridgehead atoms. The van der Waals surface area contributed by atoms with Gasteiger partial charge in [-0.1, -0.05) is 17.3 Å². The number of hydrogen-bond donors (Lipinski definition) is 2. The summed E-state index contributed by atoms with van der Waals surface area (Å²) in [5.74, 6) is 0.471. The Morgan fingerprint density at radius 2 is 2.24 bits per heavy atom. The van der Waals surface area contributed by atoms with Crippen LogP contribution in [0, 0.1) is 6.92 Å². The highest BCUT2D eigenvalue weighted by molar-refractivity contribution is 5.98. The van der Waals surface area contributed by atoms with Gasteiger partial charge in [0.2, 0.25) is 17.6 Å². The van der Waals surface area contributed by atoms with Crippen LogP contribution in [0.15, 0.2) is 28.8 Å². The van der Waals surface area contributed by atoms with Crippen LogP contribution in [0.1, 0.15) is 29.6 Å². The molecule has 0 aliphatic carbocycles. The number of benzene rings is 1. The van der Waals surface area contributed by atoms with Crippen molar-refractivity contribution in [2.75, 3.05) is 13.1 Å². The van der Waals surface area contributed by atoms with E-state index in [4.69, 9.17) is 10.3 Å². The highest BCUT2D eigenvalue weighted by atomic mass is 16.5. The van der Waals surface area contributed by atoms with Gasteiger partial charge in [0.1, 0.15) is 6.04 Å². The van der Waals surface area contributed by atoms with E-state index < -0.39 is 6.04 Å². The first-order chi connectivity index (χ1) is 12.0. The fraction of sp³-hybridized carbons (Fsp3) is 0.412. The Morgan fingerprint density at radius 3 is 2.92 bits per heavy atom. The molecule has 2 aromatic rings. The first-order valence-electron chi connectivity index (χ1n) is 8.24. The van der Waals surface area contributed by atoms with Crippen LogP contribution in [0.4, 0.5) is 0 Å². The summed E-state index contributed by atoms with van der Waals surface area (Å²) < 4.78 is 4.98. The van der Waals surface area contributed by atoms with Gasteiger partial charge in [0.05, 0.1) is 0 Å². The van der Waals surface area contributed by atoms with Crippen molar-refractivity contribution in [1.29, 1.82) is 0 Å². The monoisotopic (exact) mass is 343 g/mol. The Hall–Kier alpha value is -2.74. The maximum Gasteiger partial charge on any atom is 0.254 e. The Morgan fingerprint density at radius 1 is 1.44 bits per heavy atom. The number of amides is 2. The van der Waals surface area contributed by atoms with Gasteiger partial charge in [0.25, 0.3) is 5.91 Å². The van der Waals surface area contributed by atoms with Crippen molar-refractivity contribution in [2.45, 2.75) is 32.4 Å². The average molecular weight is 343 g/mol. The van der Waals surface area contributed by atoms with E-state index in [2.05, 4.69) is 15.5 Å². The van der Waals surface area contributed by atoms with Crippen LogP contribution in [0.3, 0.4) is 0 Å². The SMILES string of the molecule is CCNC(=O)[C@@H]1C[C@@H](N)CN1C(=O)c1cccc(-c2noc(C)n2)c1. The number of likely N-dealkylation sites (N-methyl/N-ethyl adjacent to an activating group) is 1. The number of carbonyl (C=O) groups is 2. The summed E-state index contributed by atoms with van der Waals surface area (Å²) in [4.78, 5) is 30.9. The normalized spacial score (nSPS) is 19.9. The van der Waals surface area contributed by atoms with Gasteiger partial charge in [-0.3, -0.25) is 9.59 Å². The highest BCUT2D eigenvalue weighted by Gasteiger charge is 2.38. The number of likely N-dealkylation sites (tertiary alicyclic amines) is 1. The summed E-state index contributed by atoms with van der Waals surface area (Å²) in [6, 6.07) is 6.21. The number of rotatable bonds is 4. The summed E-state index contributed by atoms with van der Waals surface area (Å²) in [5.41, 5.74) is 7.13. The maximum absolute atomic E-state index is 12.9. The van der Waals surface area contributed by atoms with Gasteiger partial charge in [-0.15, -0.1) is 0 Å². The Labute approximate surface area is 145 Å². The summed E-state index contributed by atoms with van der Waals surface area (Å²) >= 11 is 0. The number of aryl methyl sites for hydroxylation is 1. The molecular weight excluding hydrogens is 322 g/mol. The molecule has 2 amide bonds. The van der Waals surface area contributed by atoms with Crippen molar-refractivity contribution >= 4 is 11.8 Å². The second kappa shape index (κ2) is 7.02. The van der Waals surface area contributed by atoms with E-state index >= 15 is 0 Å². The molecule has 2 atom stereocenters. The molecule has 1 saturated heterocycles. The lowest BCUT2D eigenvalue weighted by Crippen LogP contribution is -2.45. The van der Waals surface area contributed by atoms with Crippen LogP contribution >= 0.6 is 0 Å². The van der Waals surface area contributed by atoms with E-state index in [1.807, 2.05) is 6.92 Å². The van der Waals surface area contributed by atoms with Crippen molar-refractivity contribution < 1.29 is 14.1 Å².